The van der Waals surface area contributed by atoms with E-state index in [4.69, 9.17) is 14.2 Å². The molecule has 0 aliphatic carbocycles. The van der Waals surface area contributed by atoms with Crippen molar-refractivity contribution in [3.63, 3.8) is 0 Å². The van der Waals surface area contributed by atoms with E-state index < -0.39 is 0 Å². The van der Waals surface area contributed by atoms with Crippen molar-refractivity contribution in [2.24, 2.45) is 0 Å². The highest BCUT2D eigenvalue weighted by Gasteiger charge is 2.06. The van der Waals surface area contributed by atoms with Gasteiger partial charge < -0.3 is 19.5 Å². The van der Waals surface area contributed by atoms with Crippen molar-refractivity contribution in [1.29, 1.82) is 0 Å². The molecule has 0 saturated heterocycles. The molecule has 5 heteroatoms. The fraction of sp³-hybridized carbons (Fsp3) is 0.174. The average Bonchev–Trinajstić information content (AvgIpc) is 2.71. The molecule has 0 radical (unpaired) electrons. The summed E-state index contributed by atoms with van der Waals surface area (Å²) in [7, 11) is 0. The van der Waals surface area contributed by atoms with Crippen molar-refractivity contribution < 1.29 is 19.0 Å². The fourth-order valence-electron chi connectivity index (χ4n) is 2.57. The Morgan fingerprint density at radius 3 is 2.07 bits per heavy atom. The zero-order chi connectivity index (χ0) is 19.8. The minimum absolute atomic E-state index is 0.0463. The monoisotopic (exact) mass is 377 g/mol. The summed E-state index contributed by atoms with van der Waals surface area (Å²) in [5.41, 5.74) is 1.67. The van der Waals surface area contributed by atoms with Crippen molar-refractivity contribution in [3.05, 3.63) is 78.4 Å². The Bertz CT molecular complexity index is 905. The molecule has 0 aliphatic rings. The van der Waals surface area contributed by atoms with E-state index in [-0.39, 0.29) is 12.5 Å². The molecule has 28 heavy (non-hydrogen) atoms. The second kappa shape index (κ2) is 9.46. The highest BCUT2D eigenvalue weighted by atomic mass is 16.5. The van der Waals surface area contributed by atoms with Crippen LogP contribution < -0.4 is 19.5 Å². The Labute approximate surface area is 164 Å². The Kier molecular flexibility index (Phi) is 6.52. The number of carbonyl (C=O) groups is 1. The Morgan fingerprint density at radius 1 is 0.821 bits per heavy atom. The largest absolute Gasteiger partial charge is 0.494 e. The topological polar surface area (TPSA) is 56.8 Å². The number of hydrogen-bond donors (Lipinski definition) is 1. The molecule has 0 spiro atoms. The number of para-hydroxylation sites is 1. The lowest BCUT2D eigenvalue weighted by atomic mass is 10.2. The third kappa shape index (κ3) is 5.51. The van der Waals surface area contributed by atoms with Crippen molar-refractivity contribution in [2.75, 3.05) is 18.5 Å². The molecule has 5 nitrogen and oxygen atoms in total. The summed E-state index contributed by atoms with van der Waals surface area (Å²) < 4.78 is 16.8. The Hall–Kier alpha value is -3.47. The van der Waals surface area contributed by atoms with Crippen molar-refractivity contribution in [2.45, 2.75) is 13.8 Å². The first-order valence-electron chi connectivity index (χ1n) is 9.13. The first kappa shape index (κ1) is 19.3. The highest BCUT2D eigenvalue weighted by molar-refractivity contribution is 5.91. The van der Waals surface area contributed by atoms with Crippen LogP contribution in [0.5, 0.6) is 23.0 Å². The number of amides is 1. The molecular weight excluding hydrogens is 354 g/mol. The van der Waals surface area contributed by atoms with Gasteiger partial charge in [0, 0.05) is 5.69 Å². The predicted octanol–water partition coefficient (Wildman–Crippen LogP) is 5.20. The molecule has 0 aliphatic heterocycles. The number of anilines is 1. The fourth-order valence-corrected chi connectivity index (χ4v) is 2.57. The van der Waals surface area contributed by atoms with E-state index in [1.165, 1.54) is 0 Å². The van der Waals surface area contributed by atoms with Crippen LogP contribution in [0.3, 0.4) is 0 Å². The van der Waals surface area contributed by atoms with Gasteiger partial charge in [-0.05, 0) is 74.0 Å². The summed E-state index contributed by atoms with van der Waals surface area (Å²) >= 11 is 0. The Balaban J connectivity index is 1.51. The molecule has 0 aromatic heterocycles. The molecule has 144 valence electrons. The van der Waals surface area contributed by atoms with E-state index in [1.807, 2.05) is 62.4 Å². The maximum absolute atomic E-state index is 12.1. The van der Waals surface area contributed by atoms with Crippen molar-refractivity contribution in [1.82, 2.24) is 0 Å². The van der Waals surface area contributed by atoms with Gasteiger partial charge in [0.1, 0.15) is 23.0 Å². The third-order valence-electron chi connectivity index (χ3n) is 3.96. The van der Waals surface area contributed by atoms with Crippen LogP contribution in [-0.2, 0) is 4.79 Å². The van der Waals surface area contributed by atoms with E-state index in [0.29, 0.717) is 29.5 Å². The standard InChI is InChI=1S/C23H23NO4/c1-3-26-19-12-14-21(15-13-19)28-20-10-8-18(9-11-20)24-23(25)16-27-22-7-5-4-6-17(22)2/h4-15H,3,16H2,1-2H3,(H,24,25). The van der Waals surface area contributed by atoms with Crippen LogP contribution in [0.4, 0.5) is 5.69 Å². The second-order valence-electron chi connectivity index (χ2n) is 6.13. The number of benzene rings is 3. The number of aryl methyl sites for hydroxylation is 1. The summed E-state index contributed by atoms with van der Waals surface area (Å²) in [6.07, 6.45) is 0. The minimum Gasteiger partial charge on any atom is -0.494 e. The zero-order valence-electron chi connectivity index (χ0n) is 16.0. The van der Waals surface area contributed by atoms with Crippen LogP contribution in [0.1, 0.15) is 12.5 Å². The number of carbonyl (C=O) groups excluding carboxylic acids is 1. The predicted molar refractivity (Wildman–Crippen MR) is 109 cm³/mol. The van der Waals surface area contributed by atoms with Crippen LogP contribution in [0, 0.1) is 6.92 Å². The number of nitrogens with one attached hydrogen (secondary N) is 1. The van der Waals surface area contributed by atoms with Crippen LogP contribution in [-0.4, -0.2) is 19.1 Å². The van der Waals surface area contributed by atoms with Gasteiger partial charge in [0.15, 0.2) is 6.61 Å². The number of hydrogen-bond acceptors (Lipinski definition) is 4. The molecule has 0 heterocycles. The van der Waals surface area contributed by atoms with Gasteiger partial charge in [-0.15, -0.1) is 0 Å². The van der Waals surface area contributed by atoms with Crippen molar-refractivity contribution in [3.8, 4) is 23.0 Å². The van der Waals surface area contributed by atoms with Crippen LogP contribution >= 0.6 is 0 Å². The minimum atomic E-state index is -0.219. The van der Waals surface area contributed by atoms with Gasteiger partial charge in [-0.3, -0.25) is 4.79 Å². The van der Waals surface area contributed by atoms with Gasteiger partial charge in [0.2, 0.25) is 0 Å². The van der Waals surface area contributed by atoms with E-state index in [2.05, 4.69) is 5.32 Å². The number of ether oxygens (including phenoxy) is 3. The normalized spacial score (nSPS) is 10.2. The van der Waals surface area contributed by atoms with E-state index >= 15 is 0 Å². The quantitative estimate of drug-likeness (QED) is 0.586. The molecular formula is C23H23NO4. The average molecular weight is 377 g/mol. The van der Waals surface area contributed by atoms with E-state index in [1.54, 1.807) is 24.3 Å². The molecule has 3 aromatic carbocycles. The SMILES string of the molecule is CCOc1ccc(Oc2ccc(NC(=O)COc3ccccc3C)cc2)cc1. The van der Waals surface area contributed by atoms with Crippen molar-refractivity contribution >= 4 is 11.6 Å². The van der Waals surface area contributed by atoms with Gasteiger partial charge in [0.05, 0.1) is 6.61 Å². The summed E-state index contributed by atoms with van der Waals surface area (Å²) in [6, 6.07) is 22.2. The smallest absolute Gasteiger partial charge is 0.262 e. The van der Waals surface area contributed by atoms with E-state index in [9.17, 15) is 4.79 Å². The highest BCUT2D eigenvalue weighted by Crippen LogP contribution is 2.25. The molecule has 0 saturated carbocycles. The molecule has 1 N–H and O–H groups in total. The first-order chi connectivity index (χ1) is 13.6. The molecule has 0 atom stereocenters. The lowest BCUT2D eigenvalue weighted by molar-refractivity contribution is -0.118. The van der Waals surface area contributed by atoms with Gasteiger partial charge in [-0.25, -0.2) is 0 Å². The number of rotatable bonds is 8. The van der Waals surface area contributed by atoms with E-state index in [0.717, 1.165) is 11.3 Å². The van der Waals surface area contributed by atoms with Crippen LogP contribution in [0.25, 0.3) is 0 Å². The maximum Gasteiger partial charge on any atom is 0.262 e. The second-order valence-corrected chi connectivity index (χ2v) is 6.13. The summed E-state index contributed by atoms with van der Waals surface area (Å²) in [6.45, 7) is 4.47. The molecule has 3 rings (SSSR count). The van der Waals surface area contributed by atoms with Gasteiger partial charge in [-0.1, -0.05) is 18.2 Å². The molecule has 0 unspecified atom stereocenters. The summed E-state index contributed by atoms with van der Waals surface area (Å²) in [5.74, 6) is 2.69. The molecule has 1 amide bonds. The first-order valence-corrected chi connectivity index (χ1v) is 9.13. The maximum atomic E-state index is 12.1. The van der Waals surface area contributed by atoms with Crippen LogP contribution in [0.2, 0.25) is 0 Å². The summed E-state index contributed by atoms with van der Waals surface area (Å²) in [5, 5.41) is 2.81. The van der Waals surface area contributed by atoms with Crippen LogP contribution in [0.15, 0.2) is 72.8 Å². The lowest BCUT2D eigenvalue weighted by Crippen LogP contribution is -2.20. The lowest BCUT2D eigenvalue weighted by Gasteiger charge is -2.10. The van der Waals surface area contributed by atoms with Gasteiger partial charge in [-0.2, -0.15) is 0 Å². The van der Waals surface area contributed by atoms with Gasteiger partial charge in [0.25, 0.3) is 5.91 Å². The summed E-state index contributed by atoms with van der Waals surface area (Å²) in [4.78, 5) is 12.1. The van der Waals surface area contributed by atoms with Gasteiger partial charge >= 0.3 is 0 Å². The Morgan fingerprint density at radius 2 is 1.43 bits per heavy atom. The third-order valence-corrected chi connectivity index (χ3v) is 3.96. The molecule has 0 fully saturated rings. The zero-order valence-corrected chi connectivity index (χ0v) is 16.0. The molecule has 3 aromatic rings. The molecule has 0 bridgehead atoms.